The van der Waals surface area contributed by atoms with Gasteiger partial charge >= 0.3 is 0 Å². The predicted molar refractivity (Wildman–Crippen MR) is 84.2 cm³/mol. The lowest BCUT2D eigenvalue weighted by Gasteiger charge is -2.05. The van der Waals surface area contributed by atoms with Gasteiger partial charge in [0.1, 0.15) is 9.96 Å². The molecule has 3 N–H and O–H groups in total. The molecule has 0 fully saturated rings. The van der Waals surface area contributed by atoms with Crippen LogP contribution in [-0.2, 0) is 27.8 Å². The lowest BCUT2D eigenvalue weighted by Crippen LogP contribution is -2.24. The Balaban J connectivity index is 1.88. The third-order valence-corrected chi connectivity index (χ3v) is 5.42. The van der Waals surface area contributed by atoms with Crippen LogP contribution < -0.4 is 15.2 Å². The summed E-state index contributed by atoms with van der Waals surface area (Å²) in [4.78, 5) is 12.6. The molecule has 1 heterocycles. The molecule has 2 rings (SSSR count). The second-order valence-corrected chi connectivity index (χ2v) is 7.52. The highest BCUT2D eigenvalue weighted by molar-refractivity contribution is 7.91. The van der Waals surface area contributed by atoms with E-state index in [0.29, 0.717) is 0 Å². The summed E-state index contributed by atoms with van der Waals surface area (Å²) < 4.78 is 27.5. The Morgan fingerprint density at radius 2 is 1.91 bits per heavy atom. The molecule has 0 aliphatic rings. The molecule has 0 saturated carbocycles. The van der Waals surface area contributed by atoms with Gasteiger partial charge < -0.3 is 10.1 Å². The van der Waals surface area contributed by atoms with Crippen molar-refractivity contribution in [2.75, 3.05) is 7.11 Å². The van der Waals surface area contributed by atoms with Crippen molar-refractivity contribution in [1.82, 2.24) is 5.32 Å². The van der Waals surface area contributed by atoms with Crippen molar-refractivity contribution in [3.63, 3.8) is 0 Å². The van der Waals surface area contributed by atoms with Crippen LogP contribution in [0.2, 0.25) is 0 Å². The average Bonchev–Trinajstić information content (AvgIpc) is 2.95. The summed E-state index contributed by atoms with van der Waals surface area (Å²) in [6, 6.07) is 10.3. The monoisotopic (exact) mass is 340 g/mol. The number of sulfonamides is 1. The first-order valence-corrected chi connectivity index (χ1v) is 8.76. The quantitative estimate of drug-likeness (QED) is 0.827. The summed E-state index contributed by atoms with van der Waals surface area (Å²) in [5, 5.41) is 7.78. The van der Waals surface area contributed by atoms with E-state index in [2.05, 4.69) is 5.32 Å². The fourth-order valence-corrected chi connectivity index (χ4v) is 3.50. The summed E-state index contributed by atoms with van der Waals surface area (Å²) in [5.74, 6) is 0.592. The Morgan fingerprint density at radius 1 is 1.23 bits per heavy atom. The molecule has 6 nitrogen and oxygen atoms in total. The Kier molecular flexibility index (Phi) is 5.17. The normalized spacial score (nSPS) is 11.2. The van der Waals surface area contributed by atoms with Crippen LogP contribution in [0.3, 0.4) is 0 Å². The minimum absolute atomic E-state index is 0.0897. The maximum absolute atomic E-state index is 11.9. The lowest BCUT2D eigenvalue weighted by atomic mass is 10.1. The first kappa shape index (κ1) is 16.5. The van der Waals surface area contributed by atoms with Crippen LogP contribution in [0.1, 0.15) is 10.4 Å². The Bertz CT molecular complexity index is 751. The number of thiophene rings is 1. The maximum Gasteiger partial charge on any atom is 0.247 e. The van der Waals surface area contributed by atoms with Crippen molar-refractivity contribution >= 4 is 27.3 Å². The minimum atomic E-state index is -3.68. The first-order chi connectivity index (χ1) is 10.4. The standard InChI is InChI=1S/C14H16N2O4S2/c1-20-11-4-2-10(3-5-11)8-13(17)16-9-12-6-7-14(21-12)22(15,18)19/h2-7H,8-9H2,1H3,(H,16,17)(H2,15,18,19). The summed E-state index contributed by atoms with van der Waals surface area (Å²) in [6.07, 6.45) is 0.247. The van der Waals surface area contributed by atoms with Gasteiger partial charge in [0.25, 0.3) is 0 Å². The molecule has 0 aliphatic heterocycles. The average molecular weight is 340 g/mol. The molecule has 0 radical (unpaired) electrons. The zero-order chi connectivity index (χ0) is 16.2. The SMILES string of the molecule is COc1ccc(CC(=O)NCc2ccc(S(N)(=O)=O)s2)cc1. The molecule has 0 unspecified atom stereocenters. The number of hydrogen-bond donors (Lipinski definition) is 2. The van der Waals surface area contributed by atoms with Crippen LogP contribution in [0.5, 0.6) is 5.75 Å². The van der Waals surface area contributed by atoms with Gasteiger partial charge in [-0.15, -0.1) is 11.3 Å². The molecule has 118 valence electrons. The molecule has 1 aromatic heterocycles. The van der Waals surface area contributed by atoms with E-state index in [0.717, 1.165) is 27.5 Å². The molecule has 0 spiro atoms. The van der Waals surface area contributed by atoms with Crippen LogP contribution in [-0.4, -0.2) is 21.4 Å². The maximum atomic E-state index is 11.9. The van der Waals surface area contributed by atoms with Crippen LogP contribution in [0.25, 0.3) is 0 Å². The number of primary sulfonamides is 1. The summed E-state index contributed by atoms with van der Waals surface area (Å²) >= 11 is 1.05. The van der Waals surface area contributed by atoms with Crippen LogP contribution in [0, 0.1) is 0 Å². The predicted octanol–water partition coefficient (Wildman–Crippen LogP) is 1.26. The number of hydrogen-bond acceptors (Lipinski definition) is 5. The van der Waals surface area contributed by atoms with Crippen LogP contribution in [0.15, 0.2) is 40.6 Å². The van der Waals surface area contributed by atoms with Crippen molar-refractivity contribution in [2.45, 2.75) is 17.2 Å². The Morgan fingerprint density at radius 3 is 2.45 bits per heavy atom. The first-order valence-electron chi connectivity index (χ1n) is 6.39. The van der Waals surface area contributed by atoms with E-state index >= 15 is 0 Å². The van der Waals surface area contributed by atoms with Crippen molar-refractivity contribution in [2.24, 2.45) is 5.14 Å². The topological polar surface area (TPSA) is 98.5 Å². The van der Waals surface area contributed by atoms with Gasteiger partial charge in [-0.05, 0) is 29.8 Å². The van der Waals surface area contributed by atoms with E-state index in [1.807, 2.05) is 12.1 Å². The fourth-order valence-electron chi connectivity index (χ4n) is 1.78. The zero-order valence-electron chi connectivity index (χ0n) is 11.9. The highest BCUT2D eigenvalue weighted by Crippen LogP contribution is 2.20. The van der Waals surface area contributed by atoms with E-state index < -0.39 is 10.0 Å². The van der Waals surface area contributed by atoms with Crippen molar-refractivity contribution in [3.8, 4) is 5.75 Å². The number of carbonyl (C=O) groups excluding carboxylic acids is 1. The molecular formula is C14H16N2O4S2. The third kappa shape index (κ3) is 4.55. The Labute approximate surface area is 133 Å². The van der Waals surface area contributed by atoms with Crippen molar-refractivity contribution in [3.05, 3.63) is 46.8 Å². The van der Waals surface area contributed by atoms with E-state index in [-0.39, 0.29) is 23.1 Å². The van der Waals surface area contributed by atoms with E-state index in [1.54, 1.807) is 25.3 Å². The second-order valence-electron chi connectivity index (χ2n) is 4.57. The number of nitrogens with one attached hydrogen (secondary N) is 1. The number of carbonyl (C=O) groups is 1. The highest BCUT2D eigenvalue weighted by Gasteiger charge is 2.11. The van der Waals surface area contributed by atoms with Crippen LogP contribution >= 0.6 is 11.3 Å². The lowest BCUT2D eigenvalue weighted by molar-refractivity contribution is -0.120. The molecule has 8 heteroatoms. The molecule has 2 aromatic rings. The van der Waals surface area contributed by atoms with Gasteiger partial charge in [-0.2, -0.15) is 0 Å². The molecule has 0 atom stereocenters. The van der Waals surface area contributed by atoms with Gasteiger partial charge in [-0.1, -0.05) is 12.1 Å². The van der Waals surface area contributed by atoms with E-state index in [9.17, 15) is 13.2 Å². The molecule has 0 saturated heterocycles. The van der Waals surface area contributed by atoms with Gasteiger partial charge in [0.2, 0.25) is 15.9 Å². The molecule has 22 heavy (non-hydrogen) atoms. The third-order valence-electron chi connectivity index (χ3n) is 2.90. The summed E-state index contributed by atoms with van der Waals surface area (Å²) in [7, 11) is -2.10. The number of benzene rings is 1. The molecule has 1 aromatic carbocycles. The summed E-state index contributed by atoms with van der Waals surface area (Å²) in [5.41, 5.74) is 0.870. The van der Waals surface area contributed by atoms with Gasteiger partial charge in [-0.3, -0.25) is 4.79 Å². The Hall–Kier alpha value is -1.90. The number of amides is 1. The largest absolute Gasteiger partial charge is 0.497 e. The van der Waals surface area contributed by atoms with Gasteiger partial charge in [0.15, 0.2) is 0 Å². The van der Waals surface area contributed by atoms with Crippen LogP contribution in [0.4, 0.5) is 0 Å². The minimum Gasteiger partial charge on any atom is -0.497 e. The van der Waals surface area contributed by atoms with E-state index in [1.165, 1.54) is 6.07 Å². The highest BCUT2D eigenvalue weighted by atomic mass is 32.2. The molecular weight excluding hydrogens is 324 g/mol. The van der Waals surface area contributed by atoms with E-state index in [4.69, 9.17) is 9.88 Å². The number of rotatable bonds is 6. The molecule has 1 amide bonds. The second kappa shape index (κ2) is 6.91. The fraction of sp³-hybridized carbons (Fsp3) is 0.214. The number of methoxy groups -OCH3 is 1. The number of nitrogens with two attached hydrogens (primary N) is 1. The van der Waals surface area contributed by atoms with Gasteiger partial charge in [-0.25, -0.2) is 13.6 Å². The molecule has 0 bridgehead atoms. The smallest absolute Gasteiger partial charge is 0.247 e. The summed E-state index contributed by atoms with van der Waals surface area (Å²) in [6.45, 7) is 0.273. The zero-order valence-corrected chi connectivity index (χ0v) is 13.5. The van der Waals surface area contributed by atoms with Crippen molar-refractivity contribution < 1.29 is 17.9 Å². The number of ether oxygens (including phenoxy) is 1. The van der Waals surface area contributed by atoms with Gasteiger partial charge in [0.05, 0.1) is 20.1 Å². The molecule has 0 aliphatic carbocycles. The van der Waals surface area contributed by atoms with Crippen molar-refractivity contribution in [1.29, 1.82) is 0 Å². The van der Waals surface area contributed by atoms with Gasteiger partial charge in [0, 0.05) is 4.88 Å².